The van der Waals surface area contributed by atoms with Crippen LogP contribution in [0.15, 0.2) is 48.7 Å². The molecule has 124 valence electrons. The highest BCUT2D eigenvalue weighted by molar-refractivity contribution is 7.19. The smallest absolute Gasteiger partial charge is 0.125 e. The summed E-state index contributed by atoms with van der Waals surface area (Å²) < 4.78 is 14.4. The van der Waals surface area contributed by atoms with Crippen molar-refractivity contribution in [3.05, 3.63) is 64.8 Å². The van der Waals surface area contributed by atoms with Crippen molar-refractivity contribution in [3.63, 3.8) is 0 Å². The topological polar surface area (TPSA) is 16.1 Å². The van der Waals surface area contributed by atoms with Gasteiger partial charge in [-0.1, -0.05) is 31.2 Å². The maximum Gasteiger partial charge on any atom is 0.125 e. The second-order valence-corrected chi connectivity index (χ2v) is 7.65. The maximum absolute atomic E-state index is 13.0. The SMILES string of the molecule is CC(c1ccccn1)c1c(CCN2CC(F)C2)sc2ccccc12. The fourth-order valence-electron chi connectivity index (χ4n) is 3.51. The highest BCUT2D eigenvalue weighted by Gasteiger charge is 2.26. The highest BCUT2D eigenvalue weighted by atomic mass is 32.1. The van der Waals surface area contributed by atoms with Crippen LogP contribution >= 0.6 is 11.3 Å². The lowest BCUT2D eigenvalue weighted by Crippen LogP contribution is -2.48. The Bertz CT molecular complexity index is 824. The number of aromatic nitrogens is 1. The predicted molar refractivity (Wildman–Crippen MR) is 98.6 cm³/mol. The molecule has 1 saturated heterocycles. The molecular formula is C20H21FN2S. The Kier molecular flexibility index (Phi) is 4.33. The van der Waals surface area contributed by atoms with E-state index in [1.165, 1.54) is 20.5 Å². The van der Waals surface area contributed by atoms with E-state index in [1.54, 1.807) is 0 Å². The molecule has 0 amide bonds. The average molecular weight is 340 g/mol. The summed E-state index contributed by atoms with van der Waals surface area (Å²) in [4.78, 5) is 8.17. The van der Waals surface area contributed by atoms with Gasteiger partial charge in [0.1, 0.15) is 6.17 Å². The fraction of sp³-hybridized carbons (Fsp3) is 0.350. The van der Waals surface area contributed by atoms with Gasteiger partial charge < -0.3 is 0 Å². The third kappa shape index (κ3) is 2.96. The van der Waals surface area contributed by atoms with Crippen LogP contribution in [0.25, 0.3) is 10.1 Å². The number of hydrogen-bond acceptors (Lipinski definition) is 3. The van der Waals surface area contributed by atoms with E-state index in [1.807, 2.05) is 23.6 Å². The zero-order chi connectivity index (χ0) is 16.5. The van der Waals surface area contributed by atoms with Crippen LogP contribution in [0.5, 0.6) is 0 Å². The molecule has 0 aliphatic carbocycles. The minimum atomic E-state index is -0.626. The van der Waals surface area contributed by atoms with Crippen molar-refractivity contribution in [2.24, 2.45) is 0 Å². The van der Waals surface area contributed by atoms with Crippen molar-refractivity contribution in [2.45, 2.75) is 25.4 Å². The number of alkyl halides is 1. The van der Waals surface area contributed by atoms with Crippen LogP contribution in [0.4, 0.5) is 4.39 Å². The Morgan fingerprint density at radius 3 is 2.75 bits per heavy atom. The Morgan fingerprint density at radius 1 is 1.21 bits per heavy atom. The molecule has 3 heterocycles. The van der Waals surface area contributed by atoms with E-state index in [0.717, 1.165) is 18.7 Å². The maximum atomic E-state index is 13.0. The zero-order valence-corrected chi connectivity index (χ0v) is 14.6. The zero-order valence-electron chi connectivity index (χ0n) is 13.8. The van der Waals surface area contributed by atoms with Crippen molar-refractivity contribution in [1.82, 2.24) is 9.88 Å². The number of hydrogen-bond donors (Lipinski definition) is 0. The van der Waals surface area contributed by atoms with E-state index in [4.69, 9.17) is 0 Å². The summed E-state index contributed by atoms with van der Waals surface area (Å²) in [6.45, 7) is 4.36. The minimum Gasteiger partial charge on any atom is -0.297 e. The largest absolute Gasteiger partial charge is 0.297 e. The lowest BCUT2D eigenvalue weighted by atomic mass is 9.93. The van der Waals surface area contributed by atoms with E-state index in [-0.39, 0.29) is 5.92 Å². The van der Waals surface area contributed by atoms with E-state index < -0.39 is 6.17 Å². The predicted octanol–water partition coefficient (Wildman–Crippen LogP) is 4.64. The van der Waals surface area contributed by atoms with Gasteiger partial charge >= 0.3 is 0 Å². The second-order valence-electron chi connectivity index (χ2n) is 6.52. The van der Waals surface area contributed by atoms with Crippen LogP contribution in [0.2, 0.25) is 0 Å². The highest BCUT2D eigenvalue weighted by Crippen LogP contribution is 2.38. The Balaban J connectivity index is 1.67. The van der Waals surface area contributed by atoms with Crippen molar-refractivity contribution < 1.29 is 4.39 Å². The summed E-state index contributed by atoms with van der Waals surface area (Å²) in [6.07, 6.45) is 2.22. The van der Waals surface area contributed by atoms with Gasteiger partial charge in [0.05, 0.1) is 0 Å². The van der Waals surface area contributed by atoms with Crippen molar-refractivity contribution in [2.75, 3.05) is 19.6 Å². The average Bonchev–Trinajstić information content (AvgIpc) is 2.96. The Morgan fingerprint density at radius 2 is 2.00 bits per heavy atom. The first kappa shape index (κ1) is 15.7. The molecule has 0 radical (unpaired) electrons. The number of nitrogens with zero attached hydrogens (tertiary/aromatic N) is 2. The van der Waals surface area contributed by atoms with Crippen LogP contribution in [-0.2, 0) is 6.42 Å². The number of likely N-dealkylation sites (tertiary alicyclic amines) is 1. The molecule has 2 nitrogen and oxygen atoms in total. The number of benzene rings is 1. The van der Waals surface area contributed by atoms with Gasteiger partial charge in [0, 0.05) is 47.0 Å². The molecule has 1 unspecified atom stereocenters. The molecule has 1 aliphatic heterocycles. The standard InChI is InChI=1S/C20H21FN2S/c1-14(17-7-4-5-10-22-17)20-16-6-2-3-8-18(16)24-19(20)9-11-23-12-15(21)13-23/h2-8,10,14-15H,9,11-13H2,1H3. The van der Waals surface area contributed by atoms with Gasteiger partial charge in [-0.05, 0) is 35.6 Å². The summed E-state index contributed by atoms with van der Waals surface area (Å²) in [5, 5.41) is 1.34. The van der Waals surface area contributed by atoms with Crippen LogP contribution in [0.1, 0.15) is 29.0 Å². The molecule has 1 atom stereocenters. The fourth-order valence-corrected chi connectivity index (χ4v) is 4.80. The lowest BCUT2D eigenvalue weighted by Gasteiger charge is -2.34. The van der Waals surface area contributed by atoms with E-state index in [9.17, 15) is 4.39 Å². The first-order chi connectivity index (χ1) is 11.7. The third-order valence-corrected chi connectivity index (χ3v) is 6.09. The molecule has 0 N–H and O–H groups in total. The first-order valence-electron chi connectivity index (χ1n) is 8.50. The van der Waals surface area contributed by atoms with Crippen LogP contribution in [0.3, 0.4) is 0 Å². The summed E-state index contributed by atoms with van der Waals surface area (Å²) in [5.74, 6) is 0.266. The second kappa shape index (κ2) is 6.61. The first-order valence-corrected chi connectivity index (χ1v) is 9.31. The van der Waals surface area contributed by atoms with E-state index in [0.29, 0.717) is 13.1 Å². The van der Waals surface area contributed by atoms with Gasteiger partial charge in [-0.25, -0.2) is 4.39 Å². The Hall–Kier alpha value is -1.78. The molecule has 4 rings (SSSR count). The van der Waals surface area contributed by atoms with Crippen molar-refractivity contribution in [3.8, 4) is 0 Å². The van der Waals surface area contributed by atoms with Gasteiger partial charge in [0.2, 0.25) is 0 Å². The van der Waals surface area contributed by atoms with Gasteiger partial charge in [0.15, 0.2) is 0 Å². The van der Waals surface area contributed by atoms with Crippen LogP contribution < -0.4 is 0 Å². The van der Waals surface area contributed by atoms with Gasteiger partial charge in [0.25, 0.3) is 0 Å². The molecule has 1 aromatic carbocycles. The molecule has 4 heteroatoms. The normalized spacial score (nSPS) is 17.1. The Labute approximate surface area is 146 Å². The number of rotatable bonds is 5. The number of pyridine rings is 1. The summed E-state index contributed by atoms with van der Waals surface area (Å²) in [6, 6.07) is 14.7. The monoisotopic (exact) mass is 340 g/mol. The van der Waals surface area contributed by atoms with Gasteiger partial charge in [-0.2, -0.15) is 0 Å². The molecular weight excluding hydrogens is 319 g/mol. The summed E-state index contributed by atoms with van der Waals surface area (Å²) in [5.41, 5.74) is 2.50. The number of thiophene rings is 1. The summed E-state index contributed by atoms with van der Waals surface area (Å²) >= 11 is 1.88. The molecule has 0 bridgehead atoms. The van der Waals surface area contributed by atoms with Gasteiger partial charge in [-0.15, -0.1) is 11.3 Å². The molecule has 3 aromatic rings. The van der Waals surface area contributed by atoms with E-state index >= 15 is 0 Å². The summed E-state index contributed by atoms with van der Waals surface area (Å²) in [7, 11) is 0. The molecule has 0 spiro atoms. The third-order valence-electron chi connectivity index (χ3n) is 4.84. The lowest BCUT2D eigenvalue weighted by molar-refractivity contribution is 0.0672. The molecule has 1 fully saturated rings. The van der Waals surface area contributed by atoms with E-state index in [2.05, 4.69) is 53.2 Å². The quantitative estimate of drug-likeness (QED) is 0.672. The minimum absolute atomic E-state index is 0.266. The molecule has 1 aliphatic rings. The number of fused-ring (bicyclic) bond motifs is 1. The van der Waals surface area contributed by atoms with Crippen LogP contribution in [0, 0.1) is 0 Å². The number of halogens is 1. The molecule has 0 saturated carbocycles. The van der Waals surface area contributed by atoms with Crippen molar-refractivity contribution in [1.29, 1.82) is 0 Å². The van der Waals surface area contributed by atoms with Gasteiger partial charge in [-0.3, -0.25) is 9.88 Å². The molecule has 2 aromatic heterocycles. The van der Waals surface area contributed by atoms with Crippen molar-refractivity contribution >= 4 is 21.4 Å². The molecule has 24 heavy (non-hydrogen) atoms. The van der Waals surface area contributed by atoms with Crippen LogP contribution in [-0.4, -0.2) is 35.7 Å².